The van der Waals surface area contributed by atoms with Crippen molar-refractivity contribution in [3.63, 3.8) is 0 Å². The summed E-state index contributed by atoms with van der Waals surface area (Å²) < 4.78 is 5.37. The van der Waals surface area contributed by atoms with Crippen LogP contribution < -0.4 is 4.90 Å². The molecule has 0 bridgehead atoms. The summed E-state index contributed by atoms with van der Waals surface area (Å²) in [6.45, 7) is 9.98. The van der Waals surface area contributed by atoms with Gasteiger partial charge in [0.25, 0.3) is 5.89 Å². The maximum Gasteiger partial charge on any atom is 0.259 e. The van der Waals surface area contributed by atoms with Crippen molar-refractivity contribution >= 4 is 5.82 Å². The van der Waals surface area contributed by atoms with Crippen LogP contribution in [0.2, 0.25) is 0 Å². The molecule has 0 N–H and O–H groups in total. The van der Waals surface area contributed by atoms with E-state index in [0.29, 0.717) is 11.8 Å². The van der Waals surface area contributed by atoms with E-state index in [4.69, 9.17) is 4.52 Å². The predicted molar refractivity (Wildman–Crippen MR) is 97.4 cm³/mol. The highest BCUT2D eigenvalue weighted by Gasteiger charge is 2.26. The highest BCUT2D eigenvalue weighted by atomic mass is 16.5. The Kier molecular flexibility index (Phi) is 4.70. The van der Waals surface area contributed by atoms with Crippen LogP contribution in [-0.4, -0.2) is 52.7 Å². The molecule has 2 aliphatic rings. The maximum absolute atomic E-state index is 5.37. The normalized spacial score (nSPS) is 18.9. The lowest BCUT2D eigenvalue weighted by Gasteiger charge is -2.35. The molecule has 2 fully saturated rings. The fraction of sp³-hybridized carbons (Fsp3) is 0.632. The van der Waals surface area contributed by atoms with E-state index in [0.717, 1.165) is 55.7 Å². The van der Waals surface area contributed by atoms with E-state index in [1.807, 2.05) is 12.3 Å². The van der Waals surface area contributed by atoms with Crippen LogP contribution >= 0.6 is 0 Å². The zero-order valence-corrected chi connectivity index (χ0v) is 15.2. The molecule has 2 aromatic rings. The first kappa shape index (κ1) is 16.5. The molecule has 1 saturated carbocycles. The molecule has 0 amide bonds. The van der Waals surface area contributed by atoms with Crippen LogP contribution in [0.1, 0.15) is 32.5 Å². The third-order valence-electron chi connectivity index (χ3n) is 4.96. The number of rotatable bonds is 6. The molecular weight excluding hydrogens is 314 g/mol. The number of nitrogens with zero attached hydrogens (tertiary/aromatic N) is 5. The van der Waals surface area contributed by atoms with E-state index in [2.05, 4.69) is 44.8 Å². The Morgan fingerprint density at radius 1 is 1.16 bits per heavy atom. The molecule has 1 aliphatic carbocycles. The summed E-state index contributed by atoms with van der Waals surface area (Å²) in [4.78, 5) is 14.1. The number of piperazine rings is 1. The number of hydrogen-bond donors (Lipinski definition) is 0. The second-order valence-electron chi connectivity index (χ2n) is 7.75. The standard InChI is InChI=1S/C19H27N5O/c1-14(2)11-17-21-19(25-22-17)16-5-6-18(20-12-16)24-9-7-23(8-10-24)13-15-3-4-15/h5-6,12,14-15H,3-4,7-11,13H2,1-2H3. The highest BCUT2D eigenvalue weighted by Crippen LogP contribution is 2.30. The van der Waals surface area contributed by atoms with E-state index in [-0.39, 0.29) is 0 Å². The van der Waals surface area contributed by atoms with Gasteiger partial charge in [0, 0.05) is 45.3 Å². The zero-order valence-electron chi connectivity index (χ0n) is 15.2. The van der Waals surface area contributed by atoms with Crippen molar-refractivity contribution in [3.05, 3.63) is 24.2 Å². The van der Waals surface area contributed by atoms with Crippen LogP contribution in [0.25, 0.3) is 11.5 Å². The molecular formula is C19H27N5O. The van der Waals surface area contributed by atoms with Crippen molar-refractivity contribution in [2.45, 2.75) is 33.1 Å². The molecule has 1 saturated heterocycles. The van der Waals surface area contributed by atoms with E-state index < -0.39 is 0 Å². The van der Waals surface area contributed by atoms with Crippen LogP contribution in [0, 0.1) is 11.8 Å². The Labute approximate surface area is 149 Å². The first-order valence-corrected chi connectivity index (χ1v) is 9.43. The monoisotopic (exact) mass is 341 g/mol. The van der Waals surface area contributed by atoms with Gasteiger partial charge in [-0.15, -0.1) is 0 Å². The molecule has 4 rings (SSSR count). The Morgan fingerprint density at radius 2 is 1.96 bits per heavy atom. The predicted octanol–water partition coefficient (Wildman–Crippen LogP) is 2.86. The molecule has 0 unspecified atom stereocenters. The number of hydrogen-bond acceptors (Lipinski definition) is 6. The SMILES string of the molecule is CC(C)Cc1noc(-c2ccc(N3CCN(CC4CC4)CC3)nc2)n1. The molecule has 0 spiro atoms. The van der Waals surface area contributed by atoms with Gasteiger partial charge in [-0.2, -0.15) is 4.98 Å². The van der Waals surface area contributed by atoms with Crippen molar-refractivity contribution in [1.82, 2.24) is 20.0 Å². The molecule has 6 nitrogen and oxygen atoms in total. The number of anilines is 1. The molecule has 25 heavy (non-hydrogen) atoms. The Hall–Kier alpha value is -1.95. The zero-order chi connectivity index (χ0) is 17.2. The van der Waals surface area contributed by atoms with Crippen LogP contribution in [0.4, 0.5) is 5.82 Å². The van der Waals surface area contributed by atoms with Crippen LogP contribution in [0.15, 0.2) is 22.9 Å². The van der Waals surface area contributed by atoms with E-state index in [1.165, 1.54) is 19.4 Å². The fourth-order valence-electron chi connectivity index (χ4n) is 3.34. The minimum Gasteiger partial charge on any atom is -0.354 e. The van der Waals surface area contributed by atoms with Gasteiger partial charge in [-0.05, 0) is 36.8 Å². The summed E-state index contributed by atoms with van der Waals surface area (Å²) in [5, 5.41) is 4.05. The van der Waals surface area contributed by atoms with Crippen molar-refractivity contribution in [3.8, 4) is 11.5 Å². The van der Waals surface area contributed by atoms with E-state index in [1.54, 1.807) is 0 Å². The highest BCUT2D eigenvalue weighted by molar-refractivity contribution is 5.54. The first-order valence-electron chi connectivity index (χ1n) is 9.43. The minimum absolute atomic E-state index is 0.518. The quantitative estimate of drug-likeness (QED) is 0.805. The third-order valence-corrected chi connectivity index (χ3v) is 4.96. The summed E-state index contributed by atoms with van der Waals surface area (Å²) >= 11 is 0. The van der Waals surface area contributed by atoms with Crippen molar-refractivity contribution in [1.29, 1.82) is 0 Å². The van der Waals surface area contributed by atoms with Gasteiger partial charge in [-0.1, -0.05) is 19.0 Å². The molecule has 2 aromatic heterocycles. The van der Waals surface area contributed by atoms with Gasteiger partial charge in [0.2, 0.25) is 0 Å². The molecule has 3 heterocycles. The summed E-state index contributed by atoms with van der Waals surface area (Å²) in [6, 6.07) is 4.10. The van der Waals surface area contributed by atoms with E-state index >= 15 is 0 Å². The topological polar surface area (TPSA) is 58.3 Å². The summed E-state index contributed by atoms with van der Waals surface area (Å²) in [5.41, 5.74) is 0.888. The van der Waals surface area contributed by atoms with Gasteiger partial charge in [0.1, 0.15) is 5.82 Å². The van der Waals surface area contributed by atoms with Crippen molar-refractivity contribution < 1.29 is 4.52 Å². The Morgan fingerprint density at radius 3 is 2.60 bits per heavy atom. The number of aromatic nitrogens is 3. The van der Waals surface area contributed by atoms with Gasteiger partial charge in [0.15, 0.2) is 5.82 Å². The molecule has 0 aromatic carbocycles. The average Bonchev–Trinajstić information content (AvgIpc) is 3.31. The summed E-state index contributed by atoms with van der Waals surface area (Å²) in [7, 11) is 0. The first-order chi connectivity index (χ1) is 12.2. The Balaban J connectivity index is 1.36. The van der Waals surface area contributed by atoms with Gasteiger partial charge in [-0.3, -0.25) is 4.90 Å². The smallest absolute Gasteiger partial charge is 0.259 e. The molecule has 0 radical (unpaired) electrons. The lowest BCUT2D eigenvalue weighted by atomic mass is 10.1. The number of pyridine rings is 1. The largest absolute Gasteiger partial charge is 0.354 e. The Bertz CT molecular complexity index is 684. The average molecular weight is 341 g/mol. The third kappa shape index (κ3) is 4.18. The molecule has 6 heteroatoms. The lowest BCUT2D eigenvalue weighted by Crippen LogP contribution is -2.47. The minimum atomic E-state index is 0.518. The maximum atomic E-state index is 5.37. The van der Waals surface area contributed by atoms with Gasteiger partial charge in [-0.25, -0.2) is 4.98 Å². The summed E-state index contributed by atoms with van der Waals surface area (Å²) in [5.74, 6) is 3.85. The second kappa shape index (κ2) is 7.12. The van der Waals surface area contributed by atoms with Gasteiger partial charge in [0.05, 0.1) is 5.56 Å². The lowest BCUT2D eigenvalue weighted by molar-refractivity contribution is 0.247. The molecule has 134 valence electrons. The van der Waals surface area contributed by atoms with Gasteiger partial charge >= 0.3 is 0 Å². The summed E-state index contributed by atoms with van der Waals surface area (Å²) in [6.07, 6.45) is 5.54. The van der Waals surface area contributed by atoms with Gasteiger partial charge < -0.3 is 9.42 Å². The van der Waals surface area contributed by atoms with Crippen molar-refractivity contribution in [2.75, 3.05) is 37.6 Å². The van der Waals surface area contributed by atoms with Crippen LogP contribution in [0.3, 0.4) is 0 Å². The van der Waals surface area contributed by atoms with Crippen LogP contribution in [0.5, 0.6) is 0 Å². The molecule has 0 atom stereocenters. The van der Waals surface area contributed by atoms with E-state index in [9.17, 15) is 0 Å². The fourth-order valence-corrected chi connectivity index (χ4v) is 3.34. The second-order valence-corrected chi connectivity index (χ2v) is 7.75. The molecule has 1 aliphatic heterocycles. The van der Waals surface area contributed by atoms with Crippen molar-refractivity contribution in [2.24, 2.45) is 11.8 Å². The van der Waals surface area contributed by atoms with Crippen LogP contribution in [-0.2, 0) is 6.42 Å².